The molecule has 1 aromatic rings. The summed E-state index contributed by atoms with van der Waals surface area (Å²) >= 11 is 0. The van der Waals surface area contributed by atoms with Crippen molar-refractivity contribution in [1.82, 2.24) is 5.32 Å². The zero-order chi connectivity index (χ0) is 14.1. The van der Waals surface area contributed by atoms with Crippen LogP contribution < -0.4 is 15.4 Å². The summed E-state index contributed by atoms with van der Waals surface area (Å²) in [5, 5.41) is 5.43. The second kappa shape index (κ2) is 8.31. The van der Waals surface area contributed by atoms with E-state index in [1.807, 2.05) is 0 Å². The first-order valence-corrected chi connectivity index (χ1v) is 6.00. The number of hydrogen-bond donors (Lipinski definition) is 2. The average Bonchev–Trinajstić information content (AvgIpc) is 2.43. The van der Waals surface area contributed by atoms with Crippen molar-refractivity contribution in [2.24, 2.45) is 0 Å². The zero-order valence-corrected chi connectivity index (χ0v) is 11.2. The fraction of sp³-hybridized carbons (Fsp3) is 0.462. The maximum atomic E-state index is 13.4. The van der Waals surface area contributed by atoms with Gasteiger partial charge in [-0.25, -0.2) is 4.39 Å². The second-order valence-electron chi connectivity index (χ2n) is 3.90. The summed E-state index contributed by atoms with van der Waals surface area (Å²) in [5.41, 5.74) is 0.242. The summed E-state index contributed by atoms with van der Waals surface area (Å²) in [7, 11) is 3.11. The van der Waals surface area contributed by atoms with Crippen LogP contribution in [-0.4, -0.2) is 39.8 Å². The molecule has 1 amide bonds. The van der Waals surface area contributed by atoms with Crippen LogP contribution in [0.15, 0.2) is 18.2 Å². The van der Waals surface area contributed by atoms with E-state index in [2.05, 4.69) is 10.6 Å². The van der Waals surface area contributed by atoms with E-state index in [0.717, 1.165) is 6.42 Å². The third-order valence-electron chi connectivity index (χ3n) is 2.46. The third kappa shape index (κ3) is 5.56. The average molecular weight is 270 g/mol. The highest BCUT2D eigenvalue weighted by molar-refractivity contribution is 5.80. The number of methoxy groups -OCH3 is 2. The lowest BCUT2D eigenvalue weighted by molar-refractivity contribution is -0.119. The van der Waals surface area contributed by atoms with Crippen LogP contribution in [0.25, 0.3) is 0 Å². The van der Waals surface area contributed by atoms with Crippen molar-refractivity contribution in [3.05, 3.63) is 24.0 Å². The number of halogens is 1. The first kappa shape index (κ1) is 15.2. The van der Waals surface area contributed by atoms with Gasteiger partial charge in [0.05, 0.1) is 19.3 Å². The number of benzene rings is 1. The summed E-state index contributed by atoms with van der Waals surface area (Å²) < 4.78 is 23.3. The van der Waals surface area contributed by atoms with Crippen LogP contribution in [0.2, 0.25) is 0 Å². The minimum absolute atomic E-state index is 0.0110. The Kier molecular flexibility index (Phi) is 6.67. The zero-order valence-electron chi connectivity index (χ0n) is 11.2. The predicted molar refractivity (Wildman–Crippen MR) is 70.9 cm³/mol. The number of ether oxygens (including phenoxy) is 2. The highest BCUT2D eigenvalue weighted by Gasteiger charge is 2.06. The second-order valence-corrected chi connectivity index (χ2v) is 3.90. The first-order chi connectivity index (χ1) is 9.17. The van der Waals surface area contributed by atoms with E-state index in [1.54, 1.807) is 7.11 Å². The molecule has 0 heterocycles. The standard InChI is InChI=1S/C13H19FN2O3/c1-18-7-3-6-15-13(17)9-16-12-8-10(19-2)4-5-11(12)14/h4-5,8,16H,3,6-7,9H2,1-2H3,(H,15,17). The van der Waals surface area contributed by atoms with E-state index in [0.29, 0.717) is 18.9 Å². The van der Waals surface area contributed by atoms with E-state index in [9.17, 15) is 9.18 Å². The van der Waals surface area contributed by atoms with Gasteiger partial charge in [-0.1, -0.05) is 0 Å². The molecule has 2 N–H and O–H groups in total. The lowest BCUT2D eigenvalue weighted by atomic mass is 10.3. The molecule has 6 heteroatoms. The van der Waals surface area contributed by atoms with Gasteiger partial charge in [-0.05, 0) is 18.6 Å². The minimum atomic E-state index is -0.423. The summed E-state index contributed by atoms with van der Waals surface area (Å²) in [6, 6.07) is 4.32. The van der Waals surface area contributed by atoms with Gasteiger partial charge in [0.15, 0.2) is 0 Å². The van der Waals surface area contributed by atoms with Crippen LogP contribution in [0, 0.1) is 5.82 Å². The Morgan fingerprint density at radius 2 is 2.16 bits per heavy atom. The topological polar surface area (TPSA) is 59.6 Å². The maximum absolute atomic E-state index is 13.4. The molecule has 106 valence electrons. The van der Waals surface area contributed by atoms with Gasteiger partial charge in [-0.3, -0.25) is 4.79 Å². The van der Waals surface area contributed by atoms with Crippen molar-refractivity contribution in [3.8, 4) is 5.75 Å². The van der Waals surface area contributed by atoms with Crippen molar-refractivity contribution in [1.29, 1.82) is 0 Å². The van der Waals surface area contributed by atoms with E-state index in [1.165, 1.54) is 25.3 Å². The Labute approximate surface area is 112 Å². The van der Waals surface area contributed by atoms with Crippen molar-refractivity contribution in [3.63, 3.8) is 0 Å². The van der Waals surface area contributed by atoms with Gasteiger partial charge in [0.2, 0.25) is 5.91 Å². The minimum Gasteiger partial charge on any atom is -0.497 e. The van der Waals surface area contributed by atoms with Crippen LogP contribution in [0.4, 0.5) is 10.1 Å². The summed E-state index contributed by atoms with van der Waals surface area (Å²) in [4.78, 5) is 11.5. The SMILES string of the molecule is COCCCNC(=O)CNc1cc(OC)ccc1F. The van der Waals surface area contributed by atoms with Gasteiger partial charge in [0.1, 0.15) is 11.6 Å². The van der Waals surface area contributed by atoms with E-state index in [4.69, 9.17) is 9.47 Å². The highest BCUT2D eigenvalue weighted by atomic mass is 19.1. The van der Waals surface area contributed by atoms with Crippen LogP contribution in [0.5, 0.6) is 5.75 Å². The van der Waals surface area contributed by atoms with Gasteiger partial charge in [0.25, 0.3) is 0 Å². The molecular weight excluding hydrogens is 251 g/mol. The van der Waals surface area contributed by atoms with Crippen molar-refractivity contribution < 1.29 is 18.7 Å². The quantitative estimate of drug-likeness (QED) is 0.701. The lowest BCUT2D eigenvalue weighted by Gasteiger charge is -2.09. The Balaban J connectivity index is 2.37. The number of carbonyl (C=O) groups is 1. The Bertz CT molecular complexity index is 413. The first-order valence-electron chi connectivity index (χ1n) is 6.00. The number of anilines is 1. The molecule has 0 bridgehead atoms. The number of amides is 1. The molecular formula is C13H19FN2O3. The number of carbonyl (C=O) groups excluding carboxylic acids is 1. The number of hydrogen-bond acceptors (Lipinski definition) is 4. The fourth-order valence-corrected chi connectivity index (χ4v) is 1.45. The normalized spacial score (nSPS) is 10.1. The van der Waals surface area contributed by atoms with Gasteiger partial charge >= 0.3 is 0 Å². The van der Waals surface area contributed by atoms with E-state index in [-0.39, 0.29) is 18.1 Å². The fourth-order valence-electron chi connectivity index (χ4n) is 1.45. The summed E-state index contributed by atoms with van der Waals surface area (Å²) in [6.45, 7) is 1.14. The molecule has 0 fully saturated rings. The highest BCUT2D eigenvalue weighted by Crippen LogP contribution is 2.20. The summed E-state index contributed by atoms with van der Waals surface area (Å²) in [5.74, 6) is -0.0873. The van der Waals surface area contributed by atoms with Crippen LogP contribution in [0.3, 0.4) is 0 Å². The molecule has 0 saturated carbocycles. The van der Waals surface area contributed by atoms with Crippen LogP contribution >= 0.6 is 0 Å². The number of rotatable bonds is 8. The van der Waals surface area contributed by atoms with Crippen molar-refractivity contribution in [2.75, 3.05) is 39.2 Å². The molecule has 0 aromatic heterocycles. The molecule has 5 nitrogen and oxygen atoms in total. The molecule has 19 heavy (non-hydrogen) atoms. The Morgan fingerprint density at radius 3 is 2.84 bits per heavy atom. The van der Waals surface area contributed by atoms with Gasteiger partial charge in [-0.15, -0.1) is 0 Å². The molecule has 0 aliphatic carbocycles. The lowest BCUT2D eigenvalue weighted by Crippen LogP contribution is -2.31. The van der Waals surface area contributed by atoms with Crippen molar-refractivity contribution in [2.45, 2.75) is 6.42 Å². The molecule has 0 unspecified atom stereocenters. The van der Waals surface area contributed by atoms with Gasteiger partial charge in [-0.2, -0.15) is 0 Å². The number of nitrogens with one attached hydrogen (secondary N) is 2. The van der Waals surface area contributed by atoms with Crippen LogP contribution in [0.1, 0.15) is 6.42 Å². The largest absolute Gasteiger partial charge is 0.497 e. The summed E-state index contributed by atoms with van der Waals surface area (Å²) in [6.07, 6.45) is 0.746. The maximum Gasteiger partial charge on any atom is 0.239 e. The molecule has 0 saturated heterocycles. The van der Waals surface area contributed by atoms with E-state index < -0.39 is 5.82 Å². The molecule has 1 rings (SSSR count). The third-order valence-corrected chi connectivity index (χ3v) is 2.46. The molecule has 0 atom stereocenters. The van der Waals surface area contributed by atoms with Crippen molar-refractivity contribution >= 4 is 11.6 Å². The smallest absolute Gasteiger partial charge is 0.239 e. The molecule has 0 spiro atoms. The monoisotopic (exact) mass is 270 g/mol. The molecule has 1 aromatic carbocycles. The molecule has 0 aliphatic rings. The predicted octanol–water partition coefficient (Wildman–Crippen LogP) is 1.40. The van der Waals surface area contributed by atoms with Crippen LogP contribution in [-0.2, 0) is 9.53 Å². The molecule has 0 aliphatic heterocycles. The van der Waals surface area contributed by atoms with E-state index >= 15 is 0 Å². The Hall–Kier alpha value is -1.82. The Morgan fingerprint density at radius 1 is 1.37 bits per heavy atom. The van der Waals surface area contributed by atoms with Gasteiger partial charge < -0.3 is 20.1 Å². The molecule has 0 radical (unpaired) electrons. The van der Waals surface area contributed by atoms with Gasteiger partial charge in [0, 0.05) is 26.3 Å².